The maximum atomic E-state index is 12.3. The highest BCUT2D eigenvalue weighted by Crippen LogP contribution is 2.33. The van der Waals surface area contributed by atoms with Gasteiger partial charge in [-0.2, -0.15) is 0 Å². The highest BCUT2D eigenvalue weighted by Gasteiger charge is 2.24. The van der Waals surface area contributed by atoms with Crippen molar-refractivity contribution in [1.82, 2.24) is 10.2 Å². The van der Waals surface area contributed by atoms with Crippen LogP contribution in [-0.4, -0.2) is 44.2 Å². The molecule has 1 amide bonds. The zero-order chi connectivity index (χ0) is 16.1. The van der Waals surface area contributed by atoms with Gasteiger partial charge in [0.1, 0.15) is 0 Å². The standard InChI is InChI=1S/C17H26N2O3/c1-12(2)15(17(20)19(3)4)18-11-13-7-5-8-14-16(13)22-10-6-9-21-14/h5,7-8,12,15,18H,6,9-11H2,1-4H3. The summed E-state index contributed by atoms with van der Waals surface area (Å²) in [5.74, 6) is 1.90. The second-order valence-electron chi connectivity index (χ2n) is 6.13. The summed E-state index contributed by atoms with van der Waals surface area (Å²) in [4.78, 5) is 13.9. The molecule has 1 aliphatic rings. The van der Waals surface area contributed by atoms with Crippen molar-refractivity contribution in [2.75, 3.05) is 27.3 Å². The van der Waals surface area contributed by atoms with E-state index in [1.807, 2.05) is 32.0 Å². The Morgan fingerprint density at radius 2 is 2.00 bits per heavy atom. The van der Waals surface area contributed by atoms with E-state index in [0.29, 0.717) is 19.8 Å². The number of nitrogens with one attached hydrogen (secondary N) is 1. The molecular formula is C17H26N2O3. The minimum absolute atomic E-state index is 0.0918. The molecule has 0 fully saturated rings. The maximum absolute atomic E-state index is 12.3. The second kappa shape index (κ2) is 7.49. The van der Waals surface area contributed by atoms with Gasteiger partial charge in [-0.15, -0.1) is 0 Å². The van der Waals surface area contributed by atoms with Crippen LogP contribution >= 0.6 is 0 Å². The van der Waals surface area contributed by atoms with Crippen LogP contribution in [0.5, 0.6) is 11.5 Å². The molecule has 0 spiro atoms. The van der Waals surface area contributed by atoms with E-state index in [0.717, 1.165) is 23.5 Å². The molecule has 1 aromatic carbocycles. The summed E-state index contributed by atoms with van der Waals surface area (Å²) in [7, 11) is 3.57. The van der Waals surface area contributed by atoms with Crippen LogP contribution < -0.4 is 14.8 Å². The van der Waals surface area contributed by atoms with Crippen LogP contribution in [0.1, 0.15) is 25.8 Å². The molecule has 1 heterocycles. The van der Waals surface area contributed by atoms with Gasteiger partial charge in [-0.05, 0) is 12.0 Å². The molecule has 0 saturated carbocycles. The lowest BCUT2D eigenvalue weighted by Gasteiger charge is -2.25. The first kappa shape index (κ1) is 16.6. The van der Waals surface area contributed by atoms with Crippen molar-refractivity contribution in [2.24, 2.45) is 5.92 Å². The largest absolute Gasteiger partial charge is 0.490 e. The Bertz CT molecular complexity index is 515. The normalized spacial score (nSPS) is 15.3. The molecule has 1 unspecified atom stereocenters. The van der Waals surface area contributed by atoms with Crippen molar-refractivity contribution in [3.05, 3.63) is 23.8 Å². The molecule has 0 radical (unpaired) electrons. The third kappa shape index (κ3) is 3.91. The first-order chi connectivity index (χ1) is 10.5. The van der Waals surface area contributed by atoms with Crippen molar-refractivity contribution in [3.8, 4) is 11.5 Å². The van der Waals surface area contributed by atoms with Crippen LogP contribution in [0.3, 0.4) is 0 Å². The number of likely N-dealkylation sites (N-methyl/N-ethyl adjacent to an activating group) is 1. The van der Waals surface area contributed by atoms with Crippen molar-refractivity contribution in [1.29, 1.82) is 0 Å². The zero-order valence-corrected chi connectivity index (χ0v) is 13.9. The third-order valence-electron chi connectivity index (χ3n) is 3.74. The lowest BCUT2D eigenvalue weighted by molar-refractivity contribution is -0.132. The molecule has 22 heavy (non-hydrogen) atoms. The summed E-state index contributed by atoms with van der Waals surface area (Å²) < 4.78 is 11.5. The molecule has 0 aromatic heterocycles. The van der Waals surface area contributed by atoms with Gasteiger partial charge in [-0.1, -0.05) is 26.0 Å². The fraction of sp³-hybridized carbons (Fsp3) is 0.588. The summed E-state index contributed by atoms with van der Waals surface area (Å²) in [5.41, 5.74) is 1.02. The van der Waals surface area contributed by atoms with Crippen LogP contribution in [0, 0.1) is 5.92 Å². The SMILES string of the molecule is CC(C)C(NCc1cccc2c1OCCCO2)C(=O)N(C)C. The number of hydrogen-bond donors (Lipinski definition) is 1. The summed E-state index contributed by atoms with van der Waals surface area (Å²) in [5, 5.41) is 3.36. The summed E-state index contributed by atoms with van der Waals surface area (Å²) >= 11 is 0. The van der Waals surface area contributed by atoms with Gasteiger partial charge in [0.2, 0.25) is 5.91 Å². The van der Waals surface area contributed by atoms with E-state index in [2.05, 4.69) is 5.32 Å². The minimum Gasteiger partial charge on any atom is -0.490 e. The molecule has 1 aliphatic heterocycles. The zero-order valence-electron chi connectivity index (χ0n) is 13.9. The number of carbonyl (C=O) groups excluding carboxylic acids is 1. The van der Waals surface area contributed by atoms with Gasteiger partial charge in [-0.3, -0.25) is 4.79 Å². The molecule has 0 saturated heterocycles. The fourth-order valence-electron chi connectivity index (χ4n) is 2.50. The van der Waals surface area contributed by atoms with Gasteiger partial charge in [0.15, 0.2) is 11.5 Å². The van der Waals surface area contributed by atoms with Crippen molar-refractivity contribution in [2.45, 2.75) is 32.9 Å². The molecule has 5 heteroatoms. The van der Waals surface area contributed by atoms with E-state index in [4.69, 9.17) is 9.47 Å². The molecule has 122 valence electrons. The predicted molar refractivity (Wildman–Crippen MR) is 86.2 cm³/mol. The Balaban J connectivity index is 2.12. The number of fused-ring (bicyclic) bond motifs is 1. The van der Waals surface area contributed by atoms with Gasteiger partial charge < -0.3 is 19.7 Å². The highest BCUT2D eigenvalue weighted by molar-refractivity contribution is 5.81. The lowest BCUT2D eigenvalue weighted by atomic mass is 10.0. The van der Waals surface area contributed by atoms with E-state index < -0.39 is 0 Å². The van der Waals surface area contributed by atoms with Crippen LogP contribution in [0.4, 0.5) is 0 Å². The van der Waals surface area contributed by atoms with Gasteiger partial charge >= 0.3 is 0 Å². The highest BCUT2D eigenvalue weighted by atomic mass is 16.5. The van der Waals surface area contributed by atoms with Gasteiger partial charge in [0.05, 0.1) is 19.3 Å². The first-order valence-corrected chi connectivity index (χ1v) is 7.82. The quantitative estimate of drug-likeness (QED) is 0.904. The number of rotatable bonds is 5. The summed E-state index contributed by atoms with van der Waals surface area (Å²) in [6, 6.07) is 5.69. The minimum atomic E-state index is -0.211. The van der Waals surface area contributed by atoms with Gasteiger partial charge in [0.25, 0.3) is 0 Å². The van der Waals surface area contributed by atoms with E-state index in [1.54, 1.807) is 19.0 Å². The Hall–Kier alpha value is -1.75. The summed E-state index contributed by atoms with van der Waals surface area (Å²) in [6.07, 6.45) is 0.884. The van der Waals surface area contributed by atoms with Gasteiger partial charge in [-0.25, -0.2) is 0 Å². The monoisotopic (exact) mass is 306 g/mol. The van der Waals surface area contributed by atoms with Gasteiger partial charge in [0, 0.05) is 32.6 Å². The van der Waals surface area contributed by atoms with E-state index >= 15 is 0 Å². The van der Waals surface area contributed by atoms with E-state index in [9.17, 15) is 4.79 Å². The number of nitrogens with zero attached hydrogens (tertiary/aromatic N) is 1. The third-order valence-corrected chi connectivity index (χ3v) is 3.74. The Labute approximate surface area is 132 Å². The molecule has 5 nitrogen and oxygen atoms in total. The fourth-order valence-corrected chi connectivity index (χ4v) is 2.50. The van der Waals surface area contributed by atoms with E-state index in [-0.39, 0.29) is 17.9 Å². The van der Waals surface area contributed by atoms with Crippen molar-refractivity contribution in [3.63, 3.8) is 0 Å². The van der Waals surface area contributed by atoms with Crippen LogP contribution in [0.2, 0.25) is 0 Å². The topological polar surface area (TPSA) is 50.8 Å². The van der Waals surface area contributed by atoms with Crippen LogP contribution in [0.25, 0.3) is 0 Å². The van der Waals surface area contributed by atoms with Crippen molar-refractivity contribution >= 4 is 5.91 Å². The van der Waals surface area contributed by atoms with Crippen LogP contribution in [-0.2, 0) is 11.3 Å². The average Bonchev–Trinajstić information content (AvgIpc) is 2.72. The number of amides is 1. The Kier molecular flexibility index (Phi) is 5.66. The molecule has 1 N–H and O–H groups in total. The summed E-state index contributed by atoms with van der Waals surface area (Å²) in [6.45, 7) is 6.01. The number of benzene rings is 1. The first-order valence-electron chi connectivity index (χ1n) is 7.82. The van der Waals surface area contributed by atoms with Crippen LogP contribution in [0.15, 0.2) is 18.2 Å². The second-order valence-corrected chi connectivity index (χ2v) is 6.13. The smallest absolute Gasteiger partial charge is 0.239 e. The molecule has 1 aromatic rings. The van der Waals surface area contributed by atoms with Crippen molar-refractivity contribution < 1.29 is 14.3 Å². The lowest BCUT2D eigenvalue weighted by Crippen LogP contribution is -2.46. The molecular weight excluding hydrogens is 280 g/mol. The average molecular weight is 306 g/mol. The molecule has 2 rings (SSSR count). The number of para-hydroxylation sites is 1. The number of hydrogen-bond acceptors (Lipinski definition) is 4. The maximum Gasteiger partial charge on any atom is 0.239 e. The molecule has 1 atom stereocenters. The number of ether oxygens (including phenoxy) is 2. The Morgan fingerprint density at radius 1 is 1.27 bits per heavy atom. The molecule has 0 bridgehead atoms. The predicted octanol–water partition coefficient (Wildman–Crippen LogP) is 2.05. The van der Waals surface area contributed by atoms with E-state index in [1.165, 1.54) is 0 Å². The Morgan fingerprint density at radius 3 is 2.68 bits per heavy atom. The molecule has 0 aliphatic carbocycles. The number of carbonyl (C=O) groups is 1.